The first-order valence-electron chi connectivity index (χ1n) is 9.84. The fourth-order valence-corrected chi connectivity index (χ4v) is 3.18. The highest BCUT2D eigenvalue weighted by atomic mass is 16.5. The van der Waals surface area contributed by atoms with Crippen molar-refractivity contribution in [3.05, 3.63) is 77.6 Å². The summed E-state index contributed by atoms with van der Waals surface area (Å²) >= 11 is 0. The number of nitrogens with one attached hydrogen (secondary N) is 1. The zero-order valence-electron chi connectivity index (χ0n) is 17.7. The summed E-state index contributed by atoms with van der Waals surface area (Å²) in [5.41, 5.74) is 3.25. The number of carbonyl (C=O) groups excluding carboxylic acids is 1. The van der Waals surface area contributed by atoms with E-state index < -0.39 is 0 Å². The molecule has 0 saturated heterocycles. The first kappa shape index (κ1) is 21.2. The Morgan fingerprint density at radius 2 is 1.80 bits per heavy atom. The van der Waals surface area contributed by atoms with Gasteiger partial charge in [0.1, 0.15) is 0 Å². The smallest absolute Gasteiger partial charge is 0.317 e. The fraction of sp³-hybridized carbons (Fsp3) is 0.304. The molecule has 7 heteroatoms. The third-order valence-electron chi connectivity index (χ3n) is 4.78. The summed E-state index contributed by atoms with van der Waals surface area (Å²) in [5, 5.41) is 7.34. The Labute approximate surface area is 177 Å². The lowest BCUT2D eigenvalue weighted by atomic mass is 10.1. The van der Waals surface area contributed by atoms with Gasteiger partial charge in [0.05, 0.1) is 33.5 Å². The third kappa shape index (κ3) is 5.76. The van der Waals surface area contributed by atoms with Crippen LogP contribution in [0, 0.1) is 0 Å². The zero-order chi connectivity index (χ0) is 21.3. The van der Waals surface area contributed by atoms with Crippen molar-refractivity contribution in [1.82, 2.24) is 20.0 Å². The molecule has 7 nitrogen and oxygen atoms in total. The lowest BCUT2D eigenvalue weighted by Gasteiger charge is -2.17. The molecule has 2 aromatic carbocycles. The van der Waals surface area contributed by atoms with Gasteiger partial charge in [-0.1, -0.05) is 36.4 Å². The number of urea groups is 1. The minimum absolute atomic E-state index is 0.119. The van der Waals surface area contributed by atoms with Gasteiger partial charge in [-0.3, -0.25) is 4.68 Å². The molecule has 0 aliphatic carbocycles. The van der Waals surface area contributed by atoms with Crippen LogP contribution in [0.3, 0.4) is 0 Å². The molecule has 0 unspecified atom stereocenters. The summed E-state index contributed by atoms with van der Waals surface area (Å²) < 4.78 is 12.5. The van der Waals surface area contributed by atoms with Crippen molar-refractivity contribution < 1.29 is 14.3 Å². The minimum atomic E-state index is -0.119. The highest BCUT2D eigenvalue weighted by Gasteiger charge is 2.11. The predicted octanol–water partition coefficient (Wildman–Crippen LogP) is 3.33. The van der Waals surface area contributed by atoms with E-state index in [1.807, 2.05) is 47.3 Å². The number of rotatable bonds is 9. The van der Waals surface area contributed by atoms with Crippen molar-refractivity contribution in [2.75, 3.05) is 27.8 Å². The van der Waals surface area contributed by atoms with E-state index in [1.54, 1.807) is 32.4 Å². The van der Waals surface area contributed by atoms with Gasteiger partial charge in [-0.15, -0.1) is 0 Å². The maximum Gasteiger partial charge on any atom is 0.317 e. The van der Waals surface area contributed by atoms with Gasteiger partial charge in [0.25, 0.3) is 0 Å². The molecular weight excluding hydrogens is 380 g/mol. The van der Waals surface area contributed by atoms with E-state index >= 15 is 0 Å². The lowest BCUT2D eigenvalue weighted by Crippen LogP contribution is -2.37. The molecule has 0 radical (unpaired) electrons. The Bertz CT molecular complexity index is 956. The molecule has 2 amide bonds. The van der Waals surface area contributed by atoms with E-state index in [0.717, 1.165) is 11.1 Å². The summed E-state index contributed by atoms with van der Waals surface area (Å²) in [7, 11) is 5.00. The van der Waals surface area contributed by atoms with Crippen LogP contribution in [0.4, 0.5) is 4.79 Å². The van der Waals surface area contributed by atoms with Gasteiger partial charge in [0.2, 0.25) is 0 Å². The van der Waals surface area contributed by atoms with E-state index in [2.05, 4.69) is 22.5 Å². The summed E-state index contributed by atoms with van der Waals surface area (Å²) in [6, 6.07) is 15.8. The zero-order valence-corrected chi connectivity index (χ0v) is 17.7. The summed E-state index contributed by atoms with van der Waals surface area (Å²) in [6.07, 6.45) is 4.48. The second kappa shape index (κ2) is 10.3. The van der Waals surface area contributed by atoms with Gasteiger partial charge >= 0.3 is 6.03 Å². The third-order valence-corrected chi connectivity index (χ3v) is 4.78. The molecule has 30 heavy (non-hydrogen) atoms. The maximum atomic E-state index is 12.4. The second-order valence-electron chi connectivity index (χ2n) is 7.06. The number of amides is 2. The Balaban J connectivity index is 1.46. The van der Waals surface area contributed by atoms with Crippen molar-refractivity contribution in [2.24, 2.45) is 0 Å². The molecule has 1 N–H and O–H groups in total. The van der Waals surface area contributed by atoms with Crippen molar-refractivity contribution in [3.63, 3.8) is 0 Å². The van der Waals surface area contributed by atoms with Crippen molar-refractivity contribution in [3.8, 4) is 11.5 Å². The van der Waals surface area contributed by atoms with Crippen LogP contribution in [0.1, 0.15) is 16.7 Å². The largest absolute Gasteiger partial charge is 0.493 e. The van der Waals surface area contributed by atoms with Gasteiger partial charge in [-0.25, -0.2) is 4.79 Å². The van der Waals surface area contributed by atoms with Crippen LogP contribution >= 0.6 is 0 Å². The average molecular weight is 409 g/mol. The lowest BCUT2D eigenvalue weighted by molar-refractivity contribution is 0.207. The second-order valence-corrected chi connectivity index (χ2v) is 7.06. The highest BCUT2D eigenvalue weighted by molar-refractivity contribution is 5.73. The number of nitrogens with zero attached hydrogens (tertiary/aromatic N) is 3. The van der Waals surface area contributed by atoms with Crippen LogP contribution in [0.15, 0.2) is 60.9 Å². The SMILES string of the molecule is COc1ccc(CCNC(=O)N(C)Cc2cnn(Cc3ccccc3)c2)cc1OC. The molecule has 0 aliphatic rings. The van der Waals surface area contributed by atoms with E-state index in [9.17, 15) is 4.79 Å². The molecule has 0 fully saturated rings. The number of ether oxygens (including phenoxy) is 2. The summed E-state index contributed by atoms with van der Waals surface area (Å²) in [6.45, 7) is 1.74. The molecule has 0 aliphatic heterocycles. The molecule has 1 aromatic heterocycles. The van der Waals surface area contributed by atoms with Crippen LogP contribution in [0.5, 0.6) is 11.5 Å². The topological polar surface area (TPSA) is 68.6 Å². The molecule has 0 saturated carbocycles. The number of methoxy groups -OCH3 is 2. The molecule has 3 aromatic rings. The van der Waals surface area contributed by atoms with E-state index in [4.69, 9.17) is 9.47 Å². The fourth-order valence-electron chi connectivity index (χ4n) is 3.18. The van der Waals surface area contributed by atoms with Gasteiger partial charge in [0.15, 0.2) is 11.5 Å². The van der Waals surface area contributed by atoms with Gasteiger partial charge in [0, 0.05) is 25.4 Å². The highest BCUT2D eigenvalue weighted by Crippen LogP contribution is 2.27. The van der Waals surface area contributed by atoms with Crippen molar-refractivity contribution in [1.29, 1.82) is 0 Å². The first-order chi connectivity index (χ1) is 14.6. The minimum Gasteiger partial charge on any atom is -0.493 e. The van der Waals surface area contributed by atoms with Gasteiger partial charge in [-0.05, 0) is 29.7 Å². The van der Waals surface area contributed by atoms with Gasteiger partial charge in [-0.2, -0.15) is 5.10 Å². The summed E-state index contributed by atoms with van der Waals surface area (Å²) in [4.78, 5) is 14.1. The van der Waals surface area contributed by atoms with Crippen molar-refractivity contribution in [2.45, 2.75) is 19.5 Å². The Hall–Kier alpha value is -3.48. The van der Waals surface area contributed by atoms with E-state index in [0.29, 0.717) is 37.6 Å². The quantitative estimate of drug-likeness (QED) is 0.590. The predicted molar refractivity (Wildman–Crippen MR) is 116 cm³/mol. The first-order valence-corrected chi connectivity index (χ1v) is 9.84. The number of carbonyl (C=O) groups is 1. The van der Waals surface area contributed by atoms with E-state index in [1.165, 1.54) is 5.56 Å². The van der Waals surface area contributed by atoms with Crippen molar-refractivity contribution >= 4 is 6.03 Å². The molecular formula is C23H28N4O3. The van der Waals surface area contributed by atoms with Crippen LogP contribution in [-0.2, 0) is 19.5 Å². The maximum absolute atomic E-state index is 12.4. The average Bonchev–Trinajstić information content (AvgIpc) is 3.20. The summed E-state index contributed by atoms with van der Waals surface area (Å²) in [5.74, 6) is 1.38. The standard InChI is InChI=1S/C23H28N4O3/c1-26(15-20-14-25-27(17-20)16-19-7-5-4-6-8-19)23(28)24-12-11-18-9-10-21(29-2)22(13-18)30-3/h4-10,13-14,17H,11-12,15-16H2,1-3H3,(H,24,28). The number of benzene rings is 2. The van der Waals surface area contributed by atoms with Crippen LogP contribution in [-0.4, -0.2) is 48.5 Å². The van der Waals surface area contributed by atoms with Crippen LogP contribution < -0.4 is 14.8 Å². The van der Waals surface area contributed by atoms with Crippen LogP contribution in [0.2, 0.25) is 0 Å². The molecule has 158 valence electrons. The Morgan fingerprint density at radius 1 is 1.03 bits per heavy atom. The Kier molecular flexibility index (Phi) is 7.32. The normalized spacial score (nSPS) is 10.5. The van der Waals surface area contributed by atoms with E-state index in [-0.39, 0.29) is 6.03 Å². The Morgan fingerprint density at radius 3 is 2.53 bits per heavy atom. The molecule has 1 heterocycles. The number of aromatic nitrogens is 2. The molecule has 0 atom stereocenters. The monoisotopic (exact) mass is 408 g/mol. The van der Waals surface area contributed by atoms with Gasteiger partial charge < -0.3 is 19.7 Å². The molecule has 0 spiro atoms. The number of hydrogen-bond acceptors (Lipinski definition) is 4. The number of hydrogen-bond donors (Lipinski definition) is 1. The molecule has 3 rings (SSSR count). The van der Waals surface area contributed by atoms with Crippen LogP contribution in [0.25, 0.3) is 0 Å². The molecule has 0 bridgehead atoms.